The molecule has 5 heteroatoms. The van der Waals surface area contributed by atoms with Gasteiger partial charge < -0.3 is 11.1 Å². The Morgan fingerprint density at radius 3 is 2.56 bits per heavy atom. The number of nitrogens with two attached hydrogens (primary N) is 2. The molecule has 1 saturated carbocycles. The lowest BCUT2D eigenvalue weighted by molar-refractivity contribution is -0.121. The first-order valence-corrected chi connectivity index (χ1v) is 6.72. The highest BCUT2D eigenvalue weighted by molar-refractivity contribution is 5.75. The van der Waals surface area contributed by atoms with Gasteiger partial charge in [0.25, 0.3) is 0 Å². The molecule has 0 aliphatic heterocycles. The SMILES string of the molecule is CC1(C)CC(N)CC(C)(CNCCC(=O)NN)C1. The zero-order valence-corrected chi connectivity index (χ0v) is 11.9. The van der Waals surface area contributed by atoms with Gasteiger partial charge in [-0.25, -0.2) is 5.84 Å². The molecule has 0 aromatic rings. The normalized spacial score (nSPS) is 31.1. The monoisotopic (exact) mass is 256 g/mol. The van der Waals surface area contributed by atoms with Gasteiger partial charge in [0.1, 0.15) is 0 Å². The van der Waals surface area contributed by atoms with Crippen molar-refractivity contribution in [1.82, 2.24) is 10.7 Å². The molecule has 1 aliphatic carbocycles. The fourth-order valence-electron chi connectivity index (χ4n) is 3.51. The van der Waals surface area contributed by atoms with E-state index in [1.165, 1.54) is 6.42 Å². The third-order valence-corrected chi connectivity index (χ3v) is 3.72. The van der Waals surface area contributed by atoms with Crippen LogP contribution >= 0.6 is 0 Å². The summed E-state index contributed by atoms with van der Waals surface area (Å²) < 4.78 is 0. The lowest BCUT2D eigenvalue weighted by Crippen LogP contribution is -2.47. The molecule has 2 atom stereocenters. The number of rotatable bonds is 5. The third-order valence-electron chi connectivity index (χ3n) is 3.72. The average molecular weight is 256 g/mol. The van der Waals surface area contributed by atoms with Gasteiger partial charge in [0.05, 0.1) is 0 Å². The van der Waals surface area contributed by atoms with E-state index in [9.17, 15) is 4.79 Å². The highest BCUT2D eigenvalue weighted by atomic mass is 16.2. The number of carbonyl (C=O) groups is 1. The van der Waals surface area contributed by atoms with Gasteiger partial charge in [-0.15, -0.1) is 0 Å². The highest BCUT2D eigenvalue weighted by Gasteiger charge is 2.39. The maximum absolute atomic E-state index is 11.0. The molecule has 0 saturated heterocycles. The molecule has 0 aromatic carbocycles. The van der Waals surface area contributed by atoms with Crippen LogP contribution in [0.4, 0.5) is 0 Å². The van der Waals surface area contributed by atoms with Crippen LogP contribution in [0.5, 0.6) is 0 Å². The summed E-state index contributed by atoms with van der Waals surface area (Å²) in [6, 6.07) is 0.285. The fraction of sp³-hybridized carbons (Fsp3) is 0.923. The molecule has 0 aromatic heterocycles. The molecule has 1 aliphatic rings. The Kier molecular flexibility index (Phi) is 5.13. The molecule has 1 amide bonds. The number of nitrogens with one attached hydrogen (secondary N) is 2. The number of hydrogen-bond acceptors (Lipinski definition) is 4. The van der Waals surface area contributed by atoms with Crippen LogP contribution in [0.1, 0.15) is 46.5 Å². The van der Waals surface area contributed by atoms with Crippen LogP contribution in [-0.2, 0) is 4.79 Å². The zero-order valence-electron chi connectivity index (χ0n) is 11.9. The van der Waals surface area contributed by atoms with Crippen LogP contribution in [0.3, 0.4) is 0 Å². The molecule has 106 valence electrons. The van der Waals surface area contributed by atoms with E-state index < -0.39 is 0 Å². The Bertz CT molecular complexity index is 293. The van der Waals surface area contributed by atoms with E-state index in [1.807, 2.05) is 0 Å². The molecule has 0 radical (unpaired) electrons. The Balaban J connectivity index is 2.37. The Hall–Kier alpha value is -0.650. The number of hydrazine groups is 1. The topological polar surface area (TPSA) is 93.2 Å². The van der Waals surface area contributed by atoms with Crippen molar-refractivity contribution in [3.05, 3.63) is 0 Å². The molecule has 2 unspecified atom stereocenters. The molecular weight excluding hydrogens is 228 g/mol. The lowest BCUT2D eigenvalue weighted by Gasteiger charge is -2.46. The van der Waals surface area contributed by atoms with Gasteiger partial charge >= 0.3 is 0 Å². The second-order valence-corrected chi connectivity index (χ2v) is 6.81. The van der Waals surface area contributed by atoms with Crippen molar-refractivity contribution in [3.63, 3.8) is 0 Å². The maximum atomic E-state index is 11.0. The van der Waals surface area contributed by atoms with Crippen LogP contribution < -0.4 is 22.3 Å². The largest absolute Gasteiger partial charge is 0.328 e. The summed E-state index contributed by atoms with van der Waals surface area (Å²) in [5.41, 5.74) is 8.82. The maximum Gasteiger partial charge on any atom is 0.235 e. The molecular formula is C13H28N4O. The van der Waals surface area contributed by atoms with Crippen molar-refractivity contribution in [2.75, 3.05) is 13.1 Å². The fourth-order valence-corrected chi connectivity index (χ4v) is 3.51. The van der Waals surface area contributed by atoms with Gasteiger partial charge in [-0.3, -0.25) is 10.2 Å². The zero-order chi connectivity index (χ0) is 13.8. The first kappa shape index (κ1) is 15.4. The van der Waals surface area contributed by atoms with Crippen LogP contribution in [-0.4, -0.2) is 25.0 Å². The molecule has 0 spiro atoms. The van der Waals surface area contributed by atoms with E-state index >= 15 is 0 Å². The molecule has 0 heterocycles. The van der Waals surface area contributed by atoms with E-state index in [0.717, 1.165) is 19.4 Å². The van der Waals surface area contributed by atoms with Crippen molar-refractivity contribution < 1.29 is 4.79 Å². The Labute approximate surface area is 110 Å². The summed E-state index contributed by atoms with van der Waals surface area (Å²) in [6.45, 7) is 8.42. The molecule has 1 rings (SSSR count). The van der Waals surface area contributed by atoms with Crippen molar-refractivity contribution in [3.8, 4) is 0 Å². The average Bonchev–Trinajstić information content (AvgIpc) is 2.20. The third kappa shape index (κ3) is 4.92. The molecule has 0 bridgehead atoms. The first-order valence-electron chi connectivity index (χ1n) is 6.72. The Morgan fingerprint density at radius 1 is 1.33 bits per heavy atom. The second kappa shape index (κ2) is 5.99. The van der Waals surface area contributed by atoms with Gasteiger partial charge in [-0.2, -0.15) is 0 Å². The molecule has 18 heavy (non-hydrogen) atoms. The summed E-state index contributed by atoms with van der Waals surface area (Å²) in [4.78, 5) is 11.0. The minimum absolute atomic E-state index is 0.131. The van der Waals surface area contributed by atoms with Gasteiger partial charge in [0.15, 0.2) is 0 Å². The first-order chi connectivity index (χ1) is 8.26. The molecule has 5 nitrogen and oxygen atoms in total. The van der Waals surface area contributed by atoms with Gasteiger partial charge in [-0.05, 0) is 30.1 Å². The van der Waals surface area contributed by atoms with Crippen LogP contribution in [0.25, 0.3) is 0 Å². The predicted octanol–water partition coefficient (Wildman–Crippen LogP) is 0.500. The van der Waals surface area contributed by atoms with E-state index in [4.69, 9.17) is 11.6 Å². The van der Waals surface area contributed by atoms with Crippen molar-refractivity contribution in [2.45, 2.75) is 52.5 Å². The molecule has 1 fully saturated rings. The van der Waals surface area contributed by atoms with Crippen molar-refractivity contribution in [1.29, 1.82) is 0 Å². The van der Waals surface area contributed by atoms with Crippen molar-refractivity contribution in [2.24, 2.45) is 22.4 Å². The summed E-state index contributed by atoms with van der Waals surface area (Å²) in [7, 11) is 0. The highest BCUT2D eigenvalue weighted by Crippen LogP contribution is 2.45. The van der Waals surface area contributed by atoms with Gasteiger partial charge in [-0.1, -0.05) is 20.8 Å². The summed E-state index contributed by atoms with van der Waals surface area (Å²) in [5, 5.41) is 3.35. The minimum Gasteiger partial charge on any atom is -0.328 e. The van der Waals surface area contributed by atoms with Crippen molar-refractivity contribution >= 4 is 5.91 Å². The number of carbonyl (C=O) groups excluding carboxylic acids is 1. The van der Waals surface area contributed by atoms with Gasteiger partial charge in [0, 0.05) is 25.6 Å². The Morgan fingerprint density at radius 2 is 2.00 bits per heavy atom. The molecule has 6 N–H and O–H groups in total. The summed E-state index contributed by atoms with van der Waals surface area (Å²) in [5.74, 6) is 4.90. The summed E-state index contributed by atoms with van der Waals surface area (Å²) >= 11 is 0. The van der Waals surface area contributed by atoms with Crippen LogP contribution in [0.15, 0.2) is 0 Å². The number of hydrogen-bond donors (Lipinski definition) is 4. The van der Waals surface area contributed by atoms with E-state index in [2.05, 4.69) is 31.5 Å². The quantitative estimate of drug-likeness (QED) is 0.249. The minimum atomic E-state index is -0.131. The van der Waals surface area contributed by atoms with E-state index in [-0.39, 0.29) is 17.4 Å². The van der Waals surface area contributed by atoms with E-state index in [1.54, 1.807) is 0 Å². The standard InChI is InChI=1S/C13H28N4O/c1-12(2)6-10(14)7-13(3,8-12)9-16-5-4-11(18)17-15/h10,16H,4-9,14-15H2,1-3H3,(H,17,18). The summed E-state index contributed by atoms with van der Waals surface area (Å²) in [6.07, 6.45) is 3.73. The predicted molar refractivity (Wildman–Crippen MR) is 73.5 cm³/mol. The van der Waals surface area contributed by atoms with Crippen LogP contribution in [0.2, 0.25) is 0 Å². The van der Waals surface area contributed by atoms with E-state index in [0.29, 0.717) is 18.4 Å². The smallest absolute Gasteiger partial charge is 0.235 e. The second-order valence-electron chi connectivity index (χ2n) is 6.81. The van der Waals surface area contributed by atoms with Crippen LogP contribution in [0, 0.1) is 10.8 Å². The van der Waals surface area contributed by atoms with Gasteiger partial charge in [0.2, 0.25) is 5.91 Å². The number of amides is 1. The lowest BCUT2D eigenvalue weighted by atomic mass is 9.63.